The van der Waals surface area contributed by atoms with E-state index in [9.17, 15) is 24.3 Å². The third kappa shape index (κ3) is 9.66. The largest absolute Gasteiger partial charge is 0.465 e. The first-order valence-electron chi connectivity index (χ1n) is 13.0. The van der Waals surface area contributed by atoms with E-state index in [2.05, 4.69) is 5.32 Å². The van der Waals surface area contributed by atoms with Crippen molar-refractivity contribution in [1.29, 1.82) is 0 Å². The number of carbonyl (C=O) groups is 4. The average molecular weight is 566 g/mol. The zero-order valence-electron chi connectivity index (χ0n) is 23.4. The number of methoxy groups -OCH3 is 1. The highest BCUT2D eigenvalue weighted by Gasteiger charge is 2.24. The van der Waals surface area contributed by atoms with E-state index in [-0.39, 0.29) is 48.1 Å². The molecule has 1 amide bonds. The molecule has 4 atom stereocenters. The summed E-state index contributed by atoms with van der Waals surface area (Å²) in [6, 6.07) is 5.06. The van der Waals surface area contributed by atoms with E-state index in [0.717, 1.165) is 28.3 Å². The number of esters is 2. The lowest BCUT2D eigenvalue weighted by atomic mass is 9.98. The SMILES string of the molecule is CCC(=O)OCC(C)c1ccc2oc(C(C)OC(=O)CCC(=O)SCC(NC(C)=O)C(O)OC)c(CC)c2c1. The first kappa shape index (κ1) is 32.3. The fourth-order valence-electron chi connectivity index (χ4n) is 3.99. The molecule has 1 heterocycles. The van der Waals surface area contributed by atoms with Crippen LogP contribution in [0.25, 0.3) is 11.0 Å². The highest BCUT2D eigenvalue weighted by Crippen LogP contribution is 2.34. The molecular weight excluding hydrogens is 526 g/mol. The molecule has 0 radical (unpaired) electrons. The molecule has 39 heavy (non-hydrogen) atoms. The molecule has 216 valence electrons. The van der Waals surface area contributed by atoms with Gasteiger partial charge in [0.2, 0.25) is 5.91 Å². The summed E-state index contributed by atoms with van der Waals surface area (Å²) in [5.41, 5.74) is 2.61. The smallest absolute Gasteiger partial charge is 0.306 e. The molecule has 1 aromatic carbocycles. The van der Waals surface area contributed by atoms with E-state index < -0.39 is 24.4 Å². The zero-order valence-corrected chi connectivity index (χ0v) is 24.2. The van der Waals surface area contributed by atoms with Gasteiger partial charge < -0.3 is 29.1 Å². The molecule has 0 saturated heterocycles. The van der Waals surface area contributed by atoms with Gasteiger partial charge in [-0.2, -0.15) is 0 Å². The van der Waals surface area contributed by atoms with Crippen LogP contribution in [0.1, 0.15) is 82.8 Å². The Morgan fingerprint density at radius 2 is 1.82 bits per heavy atom. The van der Waals surface area contributed by atoms with Crippen LogP contribution in [0, 0.1) is 0 Å². The van der Waals surface area contributed by atoms with Crippen molar-refractivity contribution in [3.8, 4) is 0 Å². The maximum atomic E-state index is 12.5. The number of thioether (sulfide) groups is 1. The van der Waals surface area contributed by atoms with Crippen molar-refractivity contribution in [3.05, 3.63) is 35.1 Å². The summed E-state index contributed by atoms with van der Waals surface area (Å²) in [5, 5.41) is 13.0. The normalized spacial score (nSPS) is 14.3. The van der Waals surface area contributed by atoms with Crippen LogP contribution in [0.3, 0.4) is 0 Å². The van der Waals surface area contributed by atoms with Crippen LogP contribution in [0.5, 0.6) is 0 Å². The maximum Gasteiger partial charge on any atom is 0.306 e. The van der Waals surface area contributed by atoms with Crippen LogP contribution in [0.4, 0.5) is 0 Å². The number of benzene rings is 1. The van der Waals surface area contributed by atoms with Gasteiger partial charge in [-0.05, 0) is 31.0 Å². The number of aliphatic hydroxyl groups is 1. The summed E-state index contributed by atoms with van der Waals surface area (Å²) in [4.78, 5) is 47.6. The third-order valence-corrected chi connectivity index (χ3v) is 7.21. The van der Waals surface area contributed by atoms with Crippen molar-refractivity contribution in [2.24, 2.45) is 0 Å². The predicted octanol–water partition coefficient (Wildman–Crippen LogP) is 4.17. The van der Waals surface area contributed by atoms with E-state index in [1.54, 1.807) is 13.8 Å². The highest BCUT2D eigenvalue weighted by atomic mass is 32.2. The van der Waals surface area contributed by atoms with E-state index in [1.165, 1.54) is 14.0 Å². The standard InChI is InChI=1S/C28H39NO9S/c1-7-20-21-13-19(16(3)14-36-24(31)8-2)9-10-23(21)38-27(20)17(4)37-25(32)11-12-26(33)39-15-22(28(34)35-6)29-18(5)30/h9-10,13,16-17,22,28,34H,7-8,11-12,14-15H2,1-6H3,(H,29,30). The molecule has 0 saturated carbocycles. The van der Waals surface area contributed by atoms with E-state index >= 15 is 0 Å². The van der Waals surface area contributed by atoms with Crippen molar-refractivity contribution in [1.82, 2.24) is 5.32 Å². The van der Waals surface area contributed by atoms with Crippen LogP contribution >= 0.6 is 11.8 Å². The Morgan fingerprint density at radius 1 is 1.10 bits per heavy atom. The van der Waals surface area contributed by atoms with E-state index in [1.807, 2.05) is 32.0 Å². The van der Waals surface area contributed by atoms with Crippen molar-refractivity contribution in [2.45, 2.75) is 84.7 Å². The van der Waals surface area contributed by atoms with E-state index in [4.69, 9.17) is 18.6 Å². The molecule has 1 aromatic heterocycles. The second-order valence-corrected chi connectivity index (χ2v) is 10.3. The van der Waals surface area contributed by atoms with E-state index in [0.29, 0.717) is 24.2 Å². The molecule has 0 aliphatic carbocycles. The Kier molecular flexibility index (Phi) is 13.0. The Labute approximate surface area is 233 Å². The molecule has 0 fully saturated rings. The second kappa shape index (κ2) is 15.6. The first-order chi connectivity index (χ1) is 18.5. The summed E-state index contributed by atoms with van der Waals surface area (Å²) in [5.74, 6) is -0.485. The number of furan rings is 1. The van der Waals surface area contributed by atoms with Gasteiger partial charge in [-0.1, -0.05) is 38.6 Å². The Balaban J connectivity index is 1.98. The number of aliphatic hydroxyl groups excluding tert-OH is 1. The number of amides is 1. The lowest BCUT2D eigenvalue weighted by Gasteiger charge is -2.21. The van der Waals surface area contributed by atoms with Crippen LogP contribution in [0.2, 0.25) is 0 Å². The predicted molar refractivity (Wildman–Crippen MR) is 147 cm³/mol. The van der Waals surface area contributed by atoms with Gasteiger partial charge in [0.1, 0.15) is 11.3 Å². The number of hydrogen-bond acceptors (Lipinski definition) is 10. The molecule has 10 nitrogen and oxygen atoms in total. The van der Waals surface area contributed by atoms with Gasteiger partial charge in [0.05, 0.1) is 19.1 Å². The number of rotatable bonds is 15. The van der Waals surface area contributed by atoms with Gasteiger partial charge in [0.25, 0.3) is 0 Å². The second-order valence-electron chi connectivity index (χ2n) is 9.24. The maximum absolute atomic E-state index is 12.5. The number of fused-ring (bicyclic) bond motifs is 1. The van der Waals surface area contributed by atoms with Crippen LogP contribution in [0.15, 0.2) is 22.6 Å². The van der Waals surface area contributed by atoms with Gasteiger partial charge in [-0.25, -0.2) is 0 Å². The summed E-state index contributed by atoms with van der Waals surface area (Å²) in [6.45, 7) is 9.05. The number of ether oxygens (including phenoxy) is 3. The summed E-state index contributed by atoms with van der Waals surface area (Å²) in [7, 11) is 1.29. The molecule has 11 heteroatoms. The van der Waals surface area contributed by atoms with Crippen molar-refractivity contribution in [2.75, 3.05) is 19.5 Å². The molecular formula is C28H39NO9S. The van der Waals surface area contributed by atoms with Gasteiger partial charge in [0.15, 0.2) is 17.5 Å². The number of nitrogens with one attached hydrogen (secondary N) is 1. The fraction of sp³-hybridized carbons (Fsp3) is 0.571. The molecule has 0 spiro atoms. The Hall–Kier alpha value is -2.89. The molecule has 2 N–H and O–H groups in total. The highest BCUT2D eigenvalue weighted by molar-refractivity contribution is 8.13. The monoisotopic (exact) mass is 565 g/mol. The summed E-state index contributed by atoms with van der Waals surface area (Å²) in [6.07, 6.45) is -1.10. The molecule has 0 bridgehead atoms. The Morgan fingerprint density at radius 3 is 2.44 bits per heavy atom. The number of carbonyl (C=O) groups excluding carboxylic acids is 4. The minimum absolute atomic E-state index is 0.00453. The van der Waals surface area contributed by atoms with Crippen LogP contribution in [-0.4, -0.2) is 59.9 Å². The molecule has 0 aliphatic rings. The summed E-state index contributed by atoms with van der Waals surface area (Å²) >= 11 is 0.899. The first-order valence-corrected chi connectivity index (χ1v) is 14.0. The topological polar surface area (TPSA) is 141 Å². The zero-order chi connectivity index (χ0) is 29.1. The molecule has 0 aliphatic heterocycles. The van der Waals surface area contributed by atoms with Gasteiger partial charge in [0, 0.05) is 49.5 Å². The molecule has 4 unspecified atom stereocenters. The van der Waals surface area contributed by atoms with Crippen molar-refractivity contribution >= 4 is 45.7 Å². The third-order valence-electron chi connectivity index (χ3n) is 6.16. The lowest BCUT2D eigenvalue weighted by molar-refractivity contribution is -0.150. The lowest BCUT2D eigenvalue weighted by Crippen LogP contribution is -2.45. The minimum atomic E-state index is -1.26. The molecule has 2 rings (SSSR count). The van der Waals surface area contributed by atoms with Crippen molar-refractivity contribution < 1.29 is 42.9 Å². The summed E-state index contributed by atoms with van der Waals surface area (Å²) < 4.78 is 21.7. The van der Waals surface area contributed by atoms with Gasteiger partial charge >= 0.3 is 11.9 Å². The number of aryl methyl sites for hydroxylation is 1. The fourth-order valence-corrected chi connectivity index (χ4v) is 4.85. The average Bonchev–Trinajstić information content (AvgIpc) is 3.29. The Bertz CT molecular complexity index is 1150. The number of hydrogen-bond donors (Lipinski definition) is 2. The quantitative estimate of drug-likeness (QED) is 0.239. The van der Waals surface area contributed by atoms with Crippen LogP contribution in [-0.2, 0) is 39.8 Å². The van der Waals surface area contributed by atoms with Gasteiger partial charge in [-0.3, -0.25) is 19.2 Å². The van der Waals surface area contributed by atoms with Crippen LogP contribution < -0.4 is 5.32 Å². The molecule has 2 aromatic rings. The van der Waals surface area contributed by atoms with Gasteiger partial charge in [-0.15, -0.1) is 0 Å². The van der Waals surface area contributed by atoms with Crippen molar-refractivity contribution in [3.63, 3.8) is 0 Å². The minimum Gasteiger partial charge on any atom is -0.465 e.